The van der Waals surface area contributed by atoms with Crippen LogP contribution in [-0.2, 0) is 52.7 Å². The van der Waals surface area contributed by atoms with Gasteiger partial charge in [-0.15, -0.1) is 0 Å². The number of carbonyl (C=O) groups excluding carboxylic acids is 10. The van der Waals surface area contributed by atoms with Gasteiger partial charge in [-0.3, -0.25) is 52.9 Å². The molecule has 0 radical (unpaired) electrons. The number of carbonyl (C=O) groups is 11. The van der Waals surface area contributed by atoms with Crippen LogP contribution < -0.4 is 76.9 Å². The number of nitrogens with zero attached hydrogens (tertiary/aromatic N) is 1. The zero-order valence-electron chi connectivity index (χ0n) is 38.9. The molecular weight excluding hydrogens is 951 g/mol. The summed E-state index contributed by atoms with van der Waals surface area (Å²) in [5.74, 6) is -11.9. The van der Waals surface area contributed by atoms with E-state index >= 15 is 0 Å². The summed E-state index contributed by atoms with van der Waals surface area (Å²) in [6.45, 7) is 3.90. The normalized spacial score (nSPS) is 14.9. The maximum Gasteiger partial charge on any atom is 0.327 e. The van der Waals surface area contributed by atoms with Crippen molar-refractivity contribution in [1.82, 2.24) is 42.5 Å². The van der Waals surface area contributed by atoms with E-state index < -0.39 is 139 Å². The van der Waals surface area contributed by atoms with Crippen LogP contribution in [0.4, 0.5) is 0 Å². The fourth-order valence-corrected chi connectivity index (χ4v) is 6.43. The quantitative estimate of drug-likeness (QED) is 0.0121. The summed E-state index contributed by atoms with van der Waals surface area (Å²) in [6, 6.07) is -11.6. The number of rotatable bonds is 35. The van der Waals surface area contributed by atoms with Gasteiger partial charge in [-0.25, -0.2) is 4.79 Å². The number of nitrogens with two attached hydrogens (primary N) is 6. The molecule has 69 heavy (non-hydrogen) atoms. The number of carboxylic acid groups (broad SMARTS) is 1. The van der Waals surface area contributed by atoms with Crippen molar-refractivity contribution in [3.63, 3.8) is 0 Å². The molecule has 0 aromatic rings. The smallest absolute Gasteiger partial charge is 0.327 e. The predicted molar refractivity (Wildman–Crippen MR) is 256 cm³/mol. The zero-order chi connectivity index (χ0) is 53.0. The summed E-state index contributed by atoms with van der Waals surface area (Å²) in [5.41, 5.74) is 32.9. The Morgan fingerprint density at radius 2 is 1.07 bits per heavy atom. The van der Waals surface area contributed by atoms with Crippen molar-refractivity contribution in [3.8, 4) is 0 Å². The first-order valence-corrected chi connectivity index (χ1v) is 23.1. The van der Waals surface area contributed by atoms with E-state index in [2.05, 4.69) is 72.8 Å². The van der Waals surface area contributed by atoms with Gasteiger partial charge in [0.05, 0.1) is 25.1 Å². The second-order valence-electron chi connectivity index (χ2n) is 16.2. The Morgan fingerprint density at radius 3 is 1.54 bits per heavy atom. The number of aliphatic carboxylic acids is 1. The number of aliphatic hydroxyl groups excluding tert-OH is 1. The molecule has 28 nitrogen and oxygen atoms in total. The van der Waals surface area contributed by atoms with Crippen LogP contribution in [0.15, 0.2) is 4.99 Å². The van der Waals surface area contributed by atoms with Gasteiger partial charge in [-0.05, 0) is 64.3 Å². The number of primary amides is 2. The van der Waals surface area contributed by atoms with Crippen molar-refractivity contribution < 1.29 is 63.0 Å². The van der Waals surface area contributed by atoms with Crippen molar-refractivity contribution in [2.45, 2.75) is 133 Å². The number of guanidine groups is 1. The van der Waals surface area contributed by atoms with Crippen LogP contribution in [0.25, 0.3) is 0 Å². The third-order valence-corrected chi connectivity index (χ3v) is 10.4. The molecule has 22 N–H and O–H groups in total. The second-order valence-corrected chi connectivity index (χ2v) is 16.9. The number of thiol groups is 2. The van der Waals surface area contributed by atoms with E-state index in [-0.39, 0.29) is 68.6 Å². The van der Waals surface area contributed by atoms with Crippen LogP contribution in [0.3, 0.4) is 0 Å². The summed E-state index contributed by atoms with van der Waals surface area (Å²) in [4.78, 5) is 146. The number of amides is 10. The number of aliphatic imine (C=N–C) groups is 1. The molecule has 392 valence electrons. The van der Waals surface area contributed by atoms with Gasteiger partial charge in [-0.1, -0.05) is 13.8 Å². The summed E-state index contributed by atoms with van der Waals surface area (Å²) in [7, 11) is 0. The Bertz CT molecular complexity index is 1810. The molecule has 0 aliphatic rings. The molecule has 10 amide bonds. The highest BCUT2D eigenvalue weighted by Gasteiger charge is 2.34. The molecule has 0 spiro atoms. The summed E-state index contributed by atoms with van der Waals surface area (Å²) >= 11 is 7.91. The van der Waals surface area contributed by atoms with Crippen LogP contribution in [-0.4, -0.2) is 167 Å². The highest BCUT2D eigenvalue weighted by molar-refractivity contribution is 7.80. The fraction of sp³-hybridized carbons (Fsp3) is 0.692. The number of hydrogen-bond acceptors (Lipinski definition) is 17. The second kappa shape index (κ2) is 33.5. The molecule has 9 atom stereocenters. The molecular formula is C39H71N15O13S2. The minimum atomic E-state index is -1.79. The average molecular weight is 1020 g/mol. The molecule has 0 aliphatic heterocycles. The van der Waals surface area contributed by atoms with E-state index in [4.69, 9.17) is 34.4 Å². The van der Waals surface area contributed by atoms with E-state index in [0.29, 0.717) is 12.8 Å². The number of nitrogens with one attached hydrogen (secondary N) is 8. The van der Waals surface area contributed by atoms with Gasteiger partial charge in [0.2, 0.25) is 59.1 Å². The van der Waals surface area contributed by atoms with Crippen molar-refractivity contribution in [2.24, 2.45) is 45.3 Å². The first-order chi connectivity index (χ1) is 32.3. The third-order valence-electron chi connectivity index (χ3n) is 9.68. The molecule has 0 rings (SSSR count). The van der Waals surface area contributed by atoms with Crippen LogP contribution in [0.1, 0.15) is 78.6 Å². The summed E-state index contributed by atoms with van der Waals surface area (Å²) < 4.78 is 0. The Kier molecular flexibility index (Phi) is 30.6. The minimum absolute atomic E-state index is 0.0255. The molecule has 0 aromatic carbocycles. The van der Waals surface area contributed by atoms with Crippen molar-refractivity contribution in [1.29, 1.82) is 0 Å². The average Bonchev–Trinajstić information content (AvgIpc) is 3.26. The van der Waals surface area contributed by atoms with E-state index in [9.17, 15) is 63.0 Å². The van der Waals surface area contributed by atoms with Gasteiger partial charge in [-0.2, -0.15) is 25.3 Å². The molecule has 0 saturated carbocycles. The number of hydrogen-bond donors (Lipinski definition) is 18. The molecule has 0 aromatic heterocycles. The third kappa shape index (κ3) is 26.4. The number of unbranched alkanes of at least 4 members (excludes halogenated alkanes) is 1. The molecule has 0 heterocycles. The van der Waals surface area contributed by atoms with E-state index in [1.54, 1.807) is 13.8 Å². The maximum absolute atomic E-state index is 13.8. The highest BCUT2D eigenvalue weighted by atomic mass is 32.1. The number of aliphatic hydroxyl groups is 1. The summed E-state index contributed by atoms with van der Waals surface area (Å²) in [6.07, 6.45) is -2.46. The van der Waals surface area contributed by atoms with Gasteiger partial charge in [0, 0.05) is 24.5 Å². The Hall–Kier alpha value is -5.98. The Morgan fingerprint density at radius 1 is 0.580 bits per heavy atom. The Labute approximate surface area is 410 Å². The van der Waals surface area contributed by atoms with Gasteiger partial charge in [0.15, 0.2) is 5.96 Å². The lowest BCUT2D eigenvalue weighted by Gasteiger charge is -2.27. The van der Waals surface area contributed by atoms with Crippen LogP contribution in [0, 0.1) is 5.92 Å². The largest absolute Gasteiger partial charge is 0.480 e. The van der Waals surface area contributed by atoms with E-state index in [1.165, 1.54) is 0 Å². The molecule has 0 aliphatic carbocycles. The van der Waals surface area contributed by atoms with E-state index in [1.807, 2.05) is 0 Å². The predicted octanol–water partition coefficient (Wildman–Crippen LogP) is -7.48. The topological polar surface area (TPSA) is 493 Å². The molecule has 0 fully saturated rings. The molecule has 0 unspecified atom stereocenters. The standard InChI is InChI=1S/C39H71N15O13S2/c1-18(2)13-24(36(64)53-26(17-69)38(66)67)52-37(65)30(19(3)55)54-29(58)15-47-32(60)25(14-28(43)57)51-34(62)22(8-6-12-46-39(44)45)49-35(63)23(9-10-27(42)56)50-33(61)21(7-4-5-11-40)48-31(59)20(41)16-68/h18-26,30,55,68-69H,4-17,40-41H2,1-3H3,(H2,42,56)(H2,43,57)(H,47,60)(H,48,59)(H,49,63)(H,50,61)(H,51,62)(H,52,65)(H,53,64)(H,54,58)(H,66,67)(H4,44,45,46)/t19-,20+,21+,22+,23+,24+,25+,26+,30+/m1/s1. The van der Waals surface area contributed by atoms with Gasteiger partial charge in [0.1, 0.15) is 42.3 Å². The van der Waals surface area contributed by atoms with E-state index in [0.717, 1.165) is 6.92 Å². The van der Waals surface area contributed by atoms with Crippen molar-refractivity contribution in [2.75, 3.05) is 31.1 Å². The maximum atomic E-state index is 13.8. The van der Waals surface area contributed by atoms with Crippen molar-refractivity contribution >= 4 is 96.3 Å². The van der Waals surface area contributed by atoms with Crippen LogP contribution in [0.2, 0.25) is 0 Å². The lowest BCUT2D eigenvalue weighted by atomic mass is 10.0. The van der Waals surface area contributed by atoms with Crippen LogP contribution >= 0.6 is 25.3 Å². The number of carboxylic acids is 1. The monoisotopic (exact) mass is 1020 g/mol. The fourth-order valence-electron chi connectivity index (χ4n) is 6.02. The molecule has 0 bridgehead atoms. The first-order valence-electron chi connectivity index (χ1n) is 21.9. The minimum Gasteiger partial charge on any atom is -0.480 e. The molecule has 30 heteroatoms. The van der Waals surface area contributed by atoms with Gasteiger partial charge >= 0.3 is 5.97 Å². The SMILES string of the molecule is CC(C)C[C@H](NC(=O)[C@@H](NC(=O)CNC(=O)[C@H](CC(N)=O)NC(=O)[C@H](CCCN=C(N)N)NC(=O)[C@H](CCC(N)=O)NC(=O)[C@H](CCCCN)NC(=O)[C@@H](N)CS)[C@@H](C)O)C(=O)N[C@@H](CS)C(=O)O. The van der Waals surface area contributed by atoms with Gasteiger partial charge < -0.3 is 87.1 Å². The first kappa shape index (κ1) is 63.0. The Balaban J connectivity index is 6.40. The zero-order valence-corrected chi connectivity index (χ0v) is 40.7. The lowest BCUT2D eigenvalue weighted by molar-refractivity contribution is -0.141. The van der Waals surface area contributed by atoms with Crippen LogP contribution in [0.5, 0.6) is 0 Å². The highest BCUT2D eigenvalue weighted by Crippen LogP contribution is 2.09. The lowest BCUT2D eigenvalue weighted by Crippen LogP contribution is -2.60. The summed E-state index contributed by atoms with van der Waals surface area (Å²) in [5, 5.41) is 38.4. The molecule has 0 saturated heterocycles. The van der Waals surface area contributed by atoms with Gasteiger partial charge in [0.25, 0.3) is 0 Å². The van der Waals surface area contributed by atoms with Crippen molar-refractivity contribution in [3.05, 3.63) is 0 Å².